The molecule has 1 amide bonds. The van der Waals surface area contributed by atoms with Crippen LogP contribution in [0.4, 0.5) is 5.13 Å². The molecule has 8 heteroatoms. The molecule has 0 spiro atoms. The molecule has 120 valence electrons. The van der Waals surface area contributed by atoms with E-state index in [1.165, 1.54) is 6.92 Å². The maximum atomic E-state index is 12.5. The molecule has 7 nitrogen and oxygen atoms in total. The fourth-order valence-corrected chi connectivity index (χ4v) is 2.96. The van der Waals surface area contributed by atoms with E-state index < -0.39 is 5.91 Å². The molecule has 0 unspecified atom stereocenters. The number of anilines is 1. The number of furan rings is 1. The highest BCUT2D eigenvalue weighted by molar-refractivity contribution is 7.14. The van der Waals surface area contributed by atoms with Crippen LogP contribution in [0.3, 0.4) is 0 Å². The Morgan fingerprint density at radius 1 is 1.38 bits per heavy atom. The van der Waals surface area contributed by atoms with Crippen molar-refractivity contribution in [1.29, 1.82) is 5.26 Å². The molecular weight excluding hydrogens is 328 g/mol. The van der Waals surface area contributed by atoms with E-state index >= 15 is 0 Å². The van der Waals surface area contributed by atoms with Gasteiger partial charge in [0.15, 0.2) is 10.9 Å². The summed E-state index contributed by atoms with van der Waals surface area (Å²) in [6, 6.07) is 5.60. The number of carbonyl (C=O) groups excluding carboxylic acids is 2. The number of Topliss-reactive ketones (excluding diaryl/α,β-unsaturated/α-hetero) is 1. The van der Waals surface area contributed by atoms with Gasteiger partial charge in [-0.25, -0.2) is 4.98 Å². The van der Waals surface area contributed by atoms with Crippen LogP contribution in [0.5, 0.6) is 0 Å². The van der Waals surface area contributed by atoms with Crippen molar-refractivity contribution in [1.82, 2.24) is 9.55 Å². The number of nitriles is 1. The molecule has 0 aliphatic rings. The number of nitrogens with zero attached hydrogens (tertiary/aromatic N) is 3. The Morgan fingerprint density at radius 2 is 2.08 bits per heavy atom. The van der Waals surface area contributed by atoms with E-state index in [4.69, 9.17) is 4.42 Å². The average molecular weight is 340 g/mol. The molecule has 0 aliphatic heterocycles. The van der Waals surface area contributed by atoms with E-state index in [9.17, 15) is 14.9 Å². The smallest absolute Gasteiger partial charge is 0.262 e. The van der Waals surface area contributed by atoms with Crippen molar-refractivity contribution in [3.8, 4) is 12.0 Å². The lowest BCUT2D eigenvalue weighted by atomic mass is 10.1. The Kier molecular flexibility index (Phi) is 4.02. The number of thiazole rings is 1. The van der Waals surface area contributed by atoms with Crippen LogP contribution in [0.2, 0.25) is 0 Å². The van der Waals surface area contributed by atoms with Crippen LogP contribution in [-0.2, 0) is 0 Å². The second kappa shape index (κ2) is 6.14. The maximum absolute atomic E-state index is 12.5. The summed E-state index contributed by atoms with van der Waals surface area (Å²) in [6.07, 6.45) is 3.45. The Bertz CT molecular complexity index is 960. The summed E-state index contributed by atoms with van der Waals surface area (Å²) in [5, 5.41) is 13.9. The summed E-state index contributed by atoms with van der Waals surface area (Å²) in [6.45, 7) is 3.02. The van der Waals surface area contributed by atoms with Gasteiger partial charge in [-0.1, -0.05) is 0 Å². The predicted octanol–water partition coefficient (Wildman–Crippen LogP) is 3.16. The Hall–Kier alpha value is -3.18. The van der Waals surface area contributed by atoms with Crippen LogP contribution in [0.25, 0.3) is 5.88 Å². The molecule has 0 fully saturated rings. The number of ketones is 1. The third kappa shape index (κ3) is 2.73. The summed E-state index contributed by atoms with van der Waals surface area (Å²) >= 11 is 1.14. The quantitative estimate of drug-likeness (QED) is 0.735. The minimum Gasteiger partial charge on any atom is -0.443 e. The van der Waals surface area contributed by atoms with E-state index in [0.29, 0.717) is 5.76 Å². The minimum absolute atomic E-state index is 0.143. The van der Waals surface area contributed by atoms with Crippen LogP contribution >= 0.6 is 11.3 Å². The largest absolute Gasteiger partial charge is 0.443 e. The second-order valence-corrected chi connectivity index (χ2v) is 5.82. The molecule has 3 rings (SSSR count). The van der Waals surface area contributed by atoms with Gasteiger partial charge in [0.05, 0.1) is 0 Å². The van der Waals surface area contributed by atoms with E-state index in [-0.39, 0.29) is 33.6 Å². The minimum atomic E-state index is -0.504. The first-order chi connectivity index (χ1) is 11.5. The predicted molar refractivity (Wildman–Crippen MR) is 87.6 cm³/mol. The molecule has 24 heavy (non-hydrogen) atoms. The van der Waals surface area contributed by atoms with Crippen molar-refractivity contribution in [3.63, 3.8) is 0 Å². The number of amides is 1. The summed E-state index contributed by atoms with van der Waals surface area (Å²) in [5.41, 5.74) is 0.582. The third-order valence-corrected chi connectivity index (χ3v) is 4.09. The van der Waals surface area contributed by atoms with Crippen LogP contribution in [0.15, 0.2) is 34.3 Å². The number of aryl methyl sites for hydroxylation is 1. The zero-order valence-corrected chi connectivity index (χ0v) is 13.7. The topological polar surface area (TPSA) is 101 Å². The van der Waals surface area contributed by atoms with Crippen molar-refractivity contribution < 1.29 is 14.0 Å². The van der Waals surface area contributed by atoms with Crippen molar-refractivity contribution in [2.75, 3.05) is 5.32 Å². The van der Waals surface area contributed by atoms with E-state index in [2.05, 4.69) is 10.3 Å². The highest BCUT2D eigenvalue weighted by Gasteiger charge is 2.25. The van der Waals surface area contributed by atoms with Crippen molar-refractivity contribution in [2.45, 2.75) is 13.8 Å². The number of rotatable bonds is 4. The van der Waals surface area contributed by atoms with E-state index in [1.807, 2.05) is 6.07 Å². The molecule has 0 atom stereocenters. The SMILES string of the molecule is CC(=O)c1csc(NC(=O)c2c(C)oc(-n3cccc3)c2C#N)n1. The van der Waals surface area contributed by atoms with Crippen LogP contribution in [0.1, 0.15) is 39.1 Å². The summed E-state index contributed by atoms with van der Waals surface area (Å²) in [4.78, 5) is 27.8. The highest BCUT2D eigenvalue weighted by Crippen LogP contribution is 2.27. The number of hydrogen-bond donors (Lipinski definition) is 1. The average Bonchev–Trinajstić information content (AvgIpc) is 3.25. The van der Waals surface area contributed by atoms with E-state index in [1.54, 1.807) is 41.4 Å². The summed E-state index contributed by atoms with van der Waals surface area (Å²) in [5.74, 6) is -0.0701. The fourth-order valence-electron chi connectivity index (χ4n) is 2.21. The standard InChI is InChI=1S/C16H12N4O3S/c1-9(21)12-8-24-16(18-12)19-14(22)13-10(2)23-15(11(13)7-17)20-5-3-4-6-20/h3-6,8H,1-2H3,(H,18,19,22). The summed E-state index contributed by atoms with van der Waals surface area (Å²) in [7, 11) is 0. The first-order valence-electron chi connectivity index (χ1n) is 6.96. The van der Waals surface area contributed by atoms with Crippen molar-refractivity contribution in [3.05, 3.63) is 52.5 Å². The zero-order valence-electron chi connectivity index (χ0n) is 12.9. The number of hydrogen-bond acceptors (Lipinski definition) is 6. The zero-order chi connectivity index (χ0) is 17.3. The van der Waals surface area contributed by atoms with Gasteiger partial charge in [0.25, 0.3) is 5.91 Å². The first-order valence-corrected chi connectivity index (χ1v) is 7.84. The van der Waals surface area contributed by atoms with Crippen LogP contribution < -0.4 is 5.32 Å². The molecule has 3 aromatic rings. The van der Waals surface area contributed by atoms with Gasteiger partial charge in [0, 0.05) is 24.7 Å². The Balaban J connectivity index is 1.95. The summed E-state index contributed by atoms with van der Waals surface area (Å²) < 4.78 is 7.22. The lowest BCUT2D eigenvalue weighted by Gasteiger charge is -2.01. The van der Waals surface area contributed by atoms with Gasteiger partial charge in [0.1, 0.15) is 28.7 Å². The van der Waals surface area contributed by atoms with Crippen molar-refractivity contribution in [2.24, 2.45) is 0 Å². The number of aromatic nitrogens is 2. The van der Waals surface area contributed by atoms with Gasteiger partial charge in [-0.15, -0.1) is 11.3 Å². The van der Waals surface area contributed by atoms with Gasteiger partial charge in [0.2, 0.25) is 5.88 Å². The lowest BCUT2D eigenvalue weighted by Crippen LogP contribution is -2.14. The first kappa shape index (κ1) is 15.7. The van der Waals surface area contributed by atoms with Gasteiger partial charge < -0.3 is 4.42 Å². The molecule has 0 aliphatic carbocycles. The molecular formula is C16H12N4O3S. The normalized spacial score (nSPS) is 10.4. The highest BCUT2D eigenvalue weighted by atomic mass is 32.1. The number of nitrogens with one attached hydrogen (secondary N) is 1. The second-order valence-electron chi connectivity index (χ2n) is 4.96. The van der Waals surface area contributed by atoms with Gasteiger partial charge in [-0.2, -0.15) is 5.26 Å². The molecule has 3 heterocycles. The van der Waals surface area contributed by atoms with Crippen LogP contribution in [0, 0.1) is 18.3 Å². The Labute approximate surface area is 141 Å². The lowest BCUT2D eigenvalue weighted by molar-refractivity contribution is 0.100. The molecule has 0 aromatic carbocycles. The van der Waals surface area contributed by atoms with Gasteiger partial charge in [-0.05, 0) is 19.1 Å². The fraction of sp³-hybridized carbons (Fsp3) is 0.125. The number of carbonyl (C=O) groups is 2. The Morgan fingerprint density at radius 3 is 2.67 bits per heavy atom. The molecule has 0 saturated carbocycles. The van der Waals surface area contributed by atoms with E-state index in [0.717, 1.165) is 11.3 Å². The molecule has 0 bridgehead atoms. The van der Waals surface area contributed by atoms with Gasteiger partial charge in [-0.3, -0.25) is 19.5 Å². The van der Waals surface area contributed by atoms with Gasteiger partial charge >= 0.3 is 0 Å². The molecule has 1 N–H and O–H groups in total. The third-order valence-electron chi connectivity index (χ3n) is 3.33. The molecule has 3 aromatic heterocycles. The maximum Gasteiger partial charge on any atom is 0.262 e. The molecule has 0 saturated heterocycles. The monoisotopic (exact) mass is 340 g/mol. The van der Waals surface area contributed by atoms with Crippen LogP contribution in [-0.4, -0.2) is 21.2 Å². The van der Waals surface area contributed by atoms with Crippen molar-refractivity contribution >= 4 is 28.2 Å². The molecule has 0 radical (unpaired) electrons.